The molecule has 0 heterocycles. The number of carbonyl (C=O) groups excluding carboxylic acids is 1. The van der Waals surface area contributed by atoms with Gasteiger partial charge < -0.3 is 1.43 Å². The van der Waals surface area contributed by atoms with Crippen LogP contribution in [-0.2, 0) is 14.9 Å². The molecular weight excluding hydrogens is 239 g/mol. The summed E-state index contributed by atoms with van der Waals surface area (Å²) in [5.41, 5.74) is -1.12. The van der Waals surface area contributed by atoms with Gasteiger partial charge in [-0.15, -0.1) is 0 Å². The molecule has 0 aromatic rings. The van der Waals surface area contributed by atoms with Gasteiger partial charge in [0.05, 0.1) is 11.2 Å². The van der Waals surface area contributed by atoms with Crippen molar-refractivity contribution in [2.45, 2.75) is 33.1 Å². The summed E-state index contributed by atoms with van der Waals surface area (Å²) in [6.07, 6.45) is 1.97. The summed E-state index contributed by atoms with van der Waals surface area (Å²) in [7, 11) is -4.08. The molecule has 0 saturated heterocycles. The van der Waals surface area contributed by atoms with Crippen molar-refractivity contribution in [1.82, 2.24) is 0 Å². The topological polar surface area (TPSA) is 71.4 Å². The second-order valence-electron chi connectivity index (χ2n) is 5.39. The van der Waals surface area contributed by atoms with Crippen LogP contribution in [0.15, 0.2) is 0 Å². The molecule has 2 unspecified atom stereocenters. The first-order chi connectivity index (χ1) is 6.69. The third-order valence-corrected chi connectivity index (χ3v) is 5.43. The molecule has 2 rings (SSSR count). The molecule has 0 radical (unpaired) electrons. The van der Waals surface area contributed by atoms with Crippen LogP contribution in [0.2, 0.25) is 0 Å². The van der Waals surface area contributed by atoms with Crippen molar-refractivity contribution >= 4 is 15.9 Å². The van der Waals surface area contributed by atoms with E-state index in [2.05, 4.69) is 0 Å². The van der Waals surface area contributed by atoms with E-state index in [0.29, 0.717) is 12.8 Å². The first-order valence-electron chi connectivity index (χ1n) is 5.17. The average molecular weight is 256 g/mol. The predicted molar refractivity (Wildman–Crippen MR) is 56.1 cm³/mol. The van der Waals surface area contributed by atoms with Gasteiger partial charge in [0.1, 0.15) is 5.78 Å². The fourth-order valence-corrected chi connectivity index (χ4v) is 4.72. The Morgan fingerprint density at radius 1 is 1.50 bits per heavy atom. The smallest absolute Gasteiger partial charge is 1.00 e. The van der Waals surface area contributed by atoms with Gasteiger partial charge in [-0.3, -0.25) is 9.35 Å². The Balaban J connectivity index is 0.00000128. The first-order valence-corrected chi connectivity index (χ1v) is 6.78. The average Bonchev–Trinajstić information content (AvgIpc) is 2.34. The number of hydrogen-bond acceptors (Lipinski definition) is 3. The molecule has 0 aromatic carbocycles. The predicted octanol–water partition coefficient (Wildman–Crippen LogP) is -1.61. The van der Waals surface area contributed by atoms with Crippen molar-refractivity contribution in [3.8, 4) is 0 Å². The van der Waals surface area contributed by atoms with Crippen molar-refractivity contribution in [2.75, 3.05) is 5.75 Å². The second-order valence-corrected chi connectivity index (χ2v) is 6.85. The molecule has 2 atom stereocenters. The van der Waals surface area contributed by atoms with Gasteiger partial charge in [0, 0.05) is 6.42 Å². The van der Waals surface area contributed by atoms with Gasteiger partial charge in [0.2, 0.25) is 0 Å². The molecule has 2 aliphatic rings. The van der Waals surface area contributed by atoms with E-state index in [1.807, 2.05) is 13.8 Å². The van der Waals surface area contributed by atoms with Crippen molar-refractivity contribution in [2.24, 2.45) is 16.7 Å². The molecule has 2 saturated carbocycles. The molecule has 4 nitrogen and oxygen atoms in total. The van der Waals surface area contributed by atoms with E-state index in [9.17, 15) is 13.2 Å². The Labute approximate surface area is 120 Å². The Morgan fingerprint density at radius 3 is 2.38 bits per heavy atom. The zero-order valence-corrected chi connectivity index (χ0v) is 12.8. The van der Waals surface area contributed by atoms with Gasteiger partial charge in [-0.05, 0) is 24.2 Å². The van der Waals surface area contributed by atoms with Crippen LogP contribution in [0.25, 0.3) is 0 Å². The maximum absolute atomic E-state index is 11.9. The van der Waals surface area contributed by atoms with Gasteiger partial charge in [0.25, 0.3) is 10.1 Å². The number of ketones is 1. The Kier molecular flexibility index (Phi) is 3.71. The molecule has 2 bridgehead atoms. The van der Waals surface area contributed by atoms with Gasteiger partial charge in [0.15, 0.2) is 0 Å². The minimum absolute atomic E-state index is 0. The van der Waals surface area contributed by atoms with Gasteiger partial charge in [-0.2, -0.15) is 8.42 Å². The monoisotopic (exact) mass is 256 g/mol. The summed E-state index contributed by atoms with van der Waals surface area (Å²) in [4.78, 5) is 11.9. The van der Waals surface area contributed by atoms with Gasteiger partial charge >= 0.3 is 29.6 Å². The fraction of sp³-hybridized carbons (Fsp3) is 0.900. The third kappa shape index (κ3) is 1.90. The minimum atomic E-state index is -4.08. The molecule has 88 valence electrons. The number of fused-ring (bicyclic) bond motifs is 2. The molecule has 16 heavy (non-hydrogen) atoms. The van der Waals surface area contributed by atoms with Crippen molar-refractivity contribution < 1.29 is 48.7 Å². The summed E-state index contributed by atoms with van der Waals surface area (Å²) in [6, 6.07) is 0. The van der Waals surface area contributed by atoms with Crippen LogP contribution >= 0.6 is 0 Å². The Morgan fingerprint density at radius 2 is 2.06 bits per heavy atom. The van der Waals surface area contributed by atoms with Crippen molar-refractivity contribution in [1.29, 1.82) is 0 Å². The summed E-state index contributed by atoms with van der Waals surface area (Å²) < 4.78 is 31.0. The third-order valence-electron chi connectivity index (χ3n) is 4.57. The van der Waals surface area contributed by atoms with Gasteiger partial charge in [-0.1, -0.05) is 13.8 Å². The molecule has 2 aliphatic carbocycles. The van der Waals surface area contributed by atoms with Crippen LogP contribution in [0.5, 0.6) is 0 Å². The van der Waals surface area contributed by atoms with E-state index in [-0.39, 0.29) is 48.1 Å². The maximum atomic E-state index is 11.9. The number of rotatable bonds is 2. The number of hydrogen-bond donors (Lipinski definition) is 1. The number of carbonyl (C=O) groups is 1. The van der Waals surface area contributed by atoms with Crippen LogP contribution in [-0.4, -0.2) is 24.5 Å². The molecule has 1 N–H and O–H groups in total. The van der Waals surface area contributed by atoms with Crippen molar-refractivity contribution in [3.63, 3.8) is 0 Å². The second kappa shape index (κ2) is 4.05. The van der Waals surface area contributed by atoms with E-state index < -0.39 is 21.3 Å². The van der Waals surface area contributed by atoms with E-state index >= 15 is 0 Å². The summed E-state index contributed by atoms with van der Waals surface area (Å²) in [5, 5.41) is 0. The molecule has 0 amide bonds. The van der Waals surface area contributed by atoms with Crippen LogP contribution in [0.3, 0.4) is 0 Å². The number of Topliss-reactive ketones (excluding diaryl/α,β-unsaturated/α-hetero) is 1. The van der Waals surface area contributed by atoms with E-state index in [1.165, 1.54) is 0 Å². The zero-order valence-electron chi connectivity index (χ0n) is 11.0. The van der Waals surface area contributed by atoms with Crippen LogP contribution in [0.4, 0.5) is 0 Å². The first kappa shape index (κ1) is 14.6. The molecular formula is C10H17NaO4S. The zero-order chi connectivity index (χ0) is 11.5. The van der Waals surface area contributed by atoms with Crippen LogP contribution < -0.4 is 29.6 Å². The Bertz CT molecular complexity index is 420. The largest absolute Gasteiger partial charge is 1.00 e. The quantitative estimate of drug-likeness (QED) is 0.476. The molecule has 2 fully saturated rings. The van der Waals surface area contributed by atoms with Gasteiger partial charge in [-0.25, -0.2) is 0 Å². The minimum Gasteiger partial charge on any atom is -1.00 e. The fourth-order valence-electron chi connectivity index (χ4n) is 3.42. The summed E-state index contributed by atoms with van der Waals surface area (Å²) >= 11 is 0. The summed E-state index contributed by atoms with van der Waals surface area (Å²) in [5.74, 6) is -0.101. The normalized spacial score (nSPS) is 36.2. The maximum Gasteiger partial charge on any atom is 1.00 e. The van der Waals surface area contributed by atoms with Crippen LogP contribution in [0, 0.1) is 16.7 Å². The van der Waals surface area contributed by atoms with Crippen molar-refractivity contribution in [3.05, 3.63) is 0 Å². The SMILES string of the molecule is CC1(C)C2CCC1(CS(=O)(=O)O)C(=O)C2.[H-].[Na+]. The van der Waals surface area contributed by atoms with E-state index in [1.54, 1.807) is 0 Å². The molecule has 6 heteroatoms. The molecule has 0 aromatic heterocycles. The van der Waals surface area contributed by atoms with E-state index in [4.69, 9.17) is 4.55 Å². The molecule has 0 spiro atoms. The molecule has 0 aliphatic heterocycles. The summed E-state index contributed by atoms with van der Waals surface area (Å²) in [6.45, 7) is 3.89. The Hall–Kier alpha value is 0.580. The van der Waals surface area contributed by atoms with Crippen LogP contribution in [0.1, 0.15) is 34.5 Å². The van der Waals surface area contributed by atoms with E-state index in [0.717, 1.165) is 6.42 Å². The standard InChI is InChI=1S/C10H16O4S.Na.H/c1-9(2)7-3-4-10(9,8(11)5-7)6-15(12,13)14;;/h7H,3-6H2,1-2H3,(H,12,13,14);;/q;+1;-1.